The molecule has 0 heterocycles. The van der Waals surface area contributed by atoms with E-state index in [4.69, 9.17) is 5.11 Å². The fraction of sp³-hybridized carbons (Fsp3) is 0. The van der Waals surface area contributed by atoms with Crippen molar-refractivity contribution in [3.63, 3.8) is 0 Å². The van der Waals surface area contributed by atoms with Crippen molar-refractivity contribution in [2.45, 2.75) is 0 Å². The first-order chi connectivity index (χ1) is 5.22. The minimum atomic E-state index is -1.42. The SMILES string of the molecule is O=C(O)C(=O)c1ccccc1.P. The number of hydrogen-bond acceptors (Lipinski definition) is 2. The standard InChI is InChI=1S/C8H6O3.H3P/c9-7(8(10)11)6-4-2-1-3-5-6;/h1-5H,(H,10,11);1H3. The van der Waals surface area contributed by atoms with Gasteiger partial charge in [0.1, 0.15) is 0 Å². The highest BCUT2D eigenvalue weighted by Gasteiger charge is 2.12. The zero-order valence-electron chi connectivity index (χ0n) is 6.36. The first kappa shape index (κ1) is 10.8. The Morgan fingerprint density at radius 2 is 1.58 bits per heavy atom. The third kappa shape index (κ3) is 2.44. The molecule has 0 saturated heterocycles. The molecule has 12 heavy (non-hydrogen) atoms. The number of rotatable bonds is 2. The lowest BCUT2D eigenvalue weighted by atomic mass is 10.1. The Morgan fingerprint density at radius 3 is 2.00 bits per heavy atom. The largest absolute Gasteiger partial charge is 0.475 e. The van der Waals surface area contributed by atoms with Crippen LogP contribution in [0.15, 0.2) is 30.3 Å². The number of carbonyl (C=O) groups excluding carboxylic acids is 1. The van der Waals surface area contributed by atoms with Crippen LogP contribution >= 0.6 is 9.90 Å². The molecule has 1 unspecified atom stereocenters. The molecular weight excluding hydrogens is 175 g/mol. The van der Waals surface area contributed by atoms with Crippen LogP contribution < -0.4 is 0 Å². The highest BCUT2D eigenvalue weighted by atomic mass is 31.0. The van der Waals surface area contributed by atoms with E-state index in [0.717, 1.165) is 0 Å². The molecule has 0 aliphatic carbocycles. The third-order valence-electron chi connectivity index (χ3n) is 1.23. The van der Waals surface area contributed by atoms with Gasteiger partial charge in [0.2, 0.25) is 0 Å². The van der Waals surface area contributed by atoms with Crippen LogP contribution in [0.1, 0.15) is 10.4 Å². The number of carbonyl (C=O) groups is 2. The molecule has 64 valence electrons. The van der Waals surface area contributed by atoms with Crippen molar-refractivity contribution >= 4 is 21.7 Å². The van der Waals surface area contributed by atoms with E-state index in [1.54, 1.807) is 18.2 Å². The minimum Gasteiger partial charge on any atom is -0.475 e. The van der Waals surface area contributed by atoms with E-state index in [1.807, 2.05) is 0 Å². The molecule has 0 amide bonds. The normalized spacial score (nSPS) is 8.33. The Balaban J connectivity index is 0.00000121. The average molecular weight is 184 g/mol. The fourth-order valence-electron chi connectivity index (χ4n) is 0.713. The van der Waals surface area contributed by atoms with Gasteiger partial charge in [0.25, 0.3) is 5.78 Å². The molecule has 3 nitrogen and oxygen atoms in total. The van der Waals surface area contributed by atoms with Crippen molar-refractivity contribution in [1.29, 1.82) is 0 Å². The molecule has 0 saturated carbocycles. The van der Waals surface area contributed by atoms with Gasteiger partial charge in [-0.25, -0.2) is 4.79 Å². The Bertz CT molecular complexity index is 282. The molecule has 4 heteroatoms. The minimum absolute atomic E-state index is 0. The molecule has 0 aromatic heterocycles. The lowest BCUT2D eigenvalue weighted by molar-refractivity contribution is -0.131. The summed E-state index contributed by atoms with van der Waals surface area (Å²) in [6.07, 6.45) is 0. The number of carboxylic acids is 1. The van der Waals surface area contributed by atoms with Gasteiger partial charge in [-0.15, -0.1) is 0 Å². The monoisotopic (exact) mass is 184 g/mol. The van der Waals surface area contributed by atoms with E-state index in [2.05, 4.69) is 0 Å². The molecule has 0 bridgehead atoms. The maximum absolute atomic E-state index is 10.7. The lowest BCUT2D eigenvalue weighted by Crippen LogP contribution is -2.12. The highest BCUT2D eigenvalue weighted by Crippen LogP contribution is 1.98. The van der Waals surface area contributed by atoms with Crippen LogP contribution in [-0.2, 0) is 4.79 Å². The maximum Gasteiger partial charge on any atom is 0.377 e. The third-order valence-corrected chi connectivity index (χ3v) is 1.23. The van der Waals surface area contributed by atoms with E-state index in [1.165, 1.54) is 12.1 Å². The van der Waals surface area contributed by atoms with Crippen LogP contribution in [0.2, 0.25) is 0 Å². The van der Waals surface area contributed by atoms with Gasteiger partial charge in [-0.2, -0.15) is 9.90 Å². The maximum atomic E-state index is 10.7. The first-order valence-electron chi connectivity index (χ1n) is 3.04. The van der Waals surface area contributed by atoms with Crippen LogP contribution in [0, 0.1) is 0 Å². The summed E-state index contributed by atoms with van der Waals surface area (Å²) in [5.41, 5.74) is 0.208. The summed E-state index contributed by atoms with van der Waals surface area (Å²) in [7, 11) is 0. The Labute approximate surface area is 73.0 Å². The smallest absolute Gasteiger partial charge is 0.377 e. The van der Waals surface area contributed by atoms with Gasteiger partial charge in [-0.1, -0.05) is 30.3 Å². The van der Waals surface area contributed by atoms with Crippen LogP contribution in [0.3, 0.4) is 0 Å². The van der Waals surface area contributed by atoms with E-state index in [9.17, 15) is 9.59 Å². The van der Waals surface area contributed by atoms with E-state index in [0.29, 0.717) is 0 Å². The average Bonchev–Trinajstić information content (AvgIpc) is 2.05. The van der Waals surface area contributed by atoms with Gasteiger partial charge in [0, 0.05) is 5.56 Å². The molecule has 1 aromatic rings. The van der Waals surface area contributed by atoms with Crippen LogP contribution in [0.5, 0.6) is 0 Å². The molecule has 0 spiro atoms. The van der Waals surface area contributed by atoms with Crippen LogP contribution in [0.25, 0.3) is 0 Å². The Kier molecular flexibility index (Phi) is 4.16. The summed E-state index contributed by atoms with van der Waals surface area (Å²) in [4.78, 5) is 20.9. The number of aliphatic carboxylic acids is 1. The second-order valence-electron chi connectivity index (χ2n) is 2.00. The van der Waals surface area contributed by atoms with Crippen molar-refractivity contribution in [3.8, 4) is 0 Å². The molecule has 0 fully saturated rings. The summed E-state index contributed by atoms with van der Waals surface area (Å²) in [6.45, 7) is 0. The molecular formula is C8H9O3P. The lowest BCUT2D eigenvalue weighted by Gasteiger charge is -1.91. The molecule has 0 radical (unpaired) electrons. The molecule has 0 aliphatic heterocycles. The molecule has 1 aromatic carbocycles. The zero-order valence-corrected chi connectivity index (χ0v) is 7.77. The molecule has 0 aliphatic rings. The van der Waals surface area contributed by atoms with Crippen molar-refractivity contribution in [2.24, 2.45) is 0 Å². The number of carboxylic acid groups (broad SMARTS) is 1. The number of benzene rings is 1. The number of Topliss-reactive ketones (excluding diaryl/α,β-unsaturated/α-hetero) is 1. The summed E-state index contributed by atoms with van der Waals surface area (Å²) in [5.74, 6) is -2.29. The Morgan fingerprint density at radius 1 is 1.08 bits per heavy atom. The fourth-order valence-corrected chi connectivity index (χ4v) is 0.713. The van der Waals surface area contributed by atoms with Crippen molar-refractivity contribution in [3.05, 3.63) is 35.9 Å². The van der Waals surface area contributed by atoms with Gasteiger partial charge < -0.3 is 5.11 Å². The molecule has 1 atom stereocenters. The van der Waals surface area contributed by atoms with Crippen molar-refractivity contribution in [2.75, 3.05) is 0 Å². The van der Waals surface area contributed by atoms with Gasteiger partial charge in [0.05, 0.1) is 0 Å². The second kappa shape index (κ2) is 4.62. The summed E-state index contributed by atoms with van der Waals surface area (Å²) >= 11 is 0. The van der Waals surface area contributed by atoms with E-state index < -0.39 is 11.8 Å². The van der Waals surface area contributed by atoms with E-state index in [-0.39, 0.29) is 15.5 Å². The zero-order chi connectivity index (χ0) is 8.27. The summed E-state index contributed by atoms with van der Waals surface area (Å²) < 4.78 is 0. The quantitative estimate of drug-likeness (QED) is 0.424. The van der Waals surface area contributed by atoms with Gasteiger partial charge in [0.15, 0.2) is 0 Å². The van der Waals surface area contributed by atoms with Crippen molar-refractivity contribution in [1.82, 2.24) is 0 Å². The van der Waals surface area contributed by atoms with Gasteiger partial charge in [-0.05, 0) is 0 Å². The number of hydrogen-bond donors (Lipinski definition) is 1. The van der Waals surface area contributed by atoms with Crippen molar-refractivity contribution < 1.29 is 14.7 Å². The summed E-state index contributed by atoms with van der Waals surface area (Å²) in [6, 6.07) is 7.90. The van der Waals surface area contributed by atoms with Crippen LogP contribution in [0.4, 0.5) is 0 Å². The van der Waals surface area contributed by atoms with E-state index >= 15 is 0 Å². The second-order valence-corrected chi connectivity index (χ2v) is 2.00. The first-order valence-corrected chi connectivity index (χ1v) is 3.04. The van der Waals surface area contributed by atoms with Gasteiger partial charge in [-0.3, -0.25) is 4.79 Å². The predicted molar refractivity (Wildman–Crippen MR) is 49.5 cm³/mol. The molecule has 1 N–H and O–H groups in total. The summed E-state index contributed by atoms with van der Waals surface area (Å²) in [5, 5.41) is 8.29. The topological polar surface area (TPSA) is 54.4 Å². The van der Waals surface area contributed by atoms with Crippen LogP contribution in [-0.4, -0.2) is 16.9 Å². The Hall–Kier alpha value is -1.21. The predicted octanol–water partition coefficient (Wildman–Crippen LogP) is 1.01. The highest BCUT2D eigenvalue weighted by molar-refractivity contribution is 6.92. The van der Waals surface area contributed by atoms with Gasteiger partial charge >= 0.3 is 5.97 Å². The number of ketones is 1. The molecule has 1 rings (SSSR count).